The van der Waals surface area contributed by atoms with Crippen molar-refractivity contribution in [1.82, 2.24) is 14.7 Å². The molecular weight excluding hydrogens is 178 g/mol. The second kappa shape index (κ2) is 5.32. The Morgan fingerprint density at radius 3 is 2.21 bits per heavy atom. The maximum absolute atomic E-state index is 11.1. The van der Waals surface area contributed by atoms with E-state index in [1.54, 1.807) is 6.92 Å². The molecule has 0 unspecified atom stereocenters. The van der Waals surface area contributed by atoms with Crippen molar-refractivity contribution in [3.05, 3.63) is 0 Å². The van der Waals surface area contributed by atoms with E-state index in [4.69, 9.17) is 0 Å². The van der Waals surface area contributed by atoms with Crippen molar-refractivity contribution in [1.29, 1.82) is 0 Å². The zero-order valence-corrected chi connectivity index (χ0v) is 9.49. The fourth-order valence-corrected chi connectivity index (χ4v) is 1.63. The van der Waals surface area contributed by atoms with Crippen molar-refractivity contribution in [2.75, 3.05) is 53.4 Å². The molecule has 1 aliphatic rings. The van der Waals surface area contributed by atoms with Crippen LogP contribution < -0.4 is 0 Å². The van der Waals surface area contributed by atoms with Crippen LogP contribution in [0.3, 0.4) is 0 Å². The van der Waals surface area contributed by atoms with Crippen molar-refractivity contribution in [3.63, 3.8) is 0 Å². The minimum absolute atomic E-state index is 0.206. The van der Waals surface area contributed by atoms with Crippen molar-refractivity contribution >= 4 is 5.91 Å². The minimum Gasteiger partial charge on any atom is -0.340 e. The lowest BCUT2D eigenvalue weighted by Crippen LogP contribution is -2.49. The molecule has 1 rings (SSSR count). The van der Waals surface area contributed by atoms with Crippen molar-refractivity contribution in [3.8, 4) is 0 Å². The molecule has 1 heterocycles. The summed E-state index contributed by atoms with van der Waals surface area (Å²) in [5, 5.41) is 0. The summed E-state index contributed by atoms with van der Waals surface area (Å²) < 4.78 is 0. The van der Waals surface area contributed by atoms with Gasteiger partial charge in [0.2, 0.25) is 5.91 Å². The molecule has 0 bridgehead atoms. The molecule has 1 amide bonds. The molecule has 14 heavy (non-hydrogen) atoms. The molecule has 0 aromatic rings. The van der Waals surface area contributed by atoms with E-state index in [9.17, 15) is 4.79 Å². The Labute approximate surface area is 86.5 Å². The Morgan fingerprint density at radius 1 is 1.21 bits per heavy atom. The maximum atomic E-state index is 11.1. The summed E-state index contributed by atoms with van der Waals surface area (Å²) in [5.41, 5.74) is 0. The fourth-order valence-electron chi connectivity index (χ4n) is 1.63. The SMILES string of the molecule is CC(=O)N1CCN(CCN(C)C)CC1. The number of carbonyl (C=O) groups excluding carboxylic acids is 1. The summed E-state index contributed by atoms with van der Waals surface area (Å²) in [6.07, 6.45) is 0. The Hall–Kier alpha value is -0.610. The lowest BCUT2D eigenvalue weighted by Gasteiger charge is -2.34. The van der Waals surface area contributed by atoms with E-state index in [2.05, 4.69) is 23.9 Å². The monoisotopic (exact) mass is 199 g/mol. The summed E-state index contributed by atoms with van der Waals surface area (Å²) in [5.74, 6) is 0.206. The van der Waals surface area contributed by atoms with E-state index < -0.39 is 0 Å². The zero-order chi connectivity index (χ0) is 10.6. The lowest BCUT2D eigenvalue weighted by atomic mass is 10.3. The number of nitrogens with zero attached hydrogens (tertiary/aromatic N) is 3. The number of rotatable bonds is 3. The number of hydrogen-bond acceptors (Lipinski definition) is 3. The van der Waals surface area contributed by atoms with Crippen LogP contribution in [0.25, 0.3) is 0 Å². The molecule has 0 atom stereocenters. The Bertz CT molecular complexity index is 186. The quantitative estimate of drug-likeness (QED) is 0.625. The molecule has 4 nitrogen and oxygen atoms in total. The first-order valence-electron chi connectivity index (χ1n) is 5.22. The van der Waals surface area contributed by atoms with Gasteiger partial charge in [0.05, 0.1) is 0 Å². The molecule has 0 radical (unpaired) electrons. The molecule has 1 saturated heterocycles. The third kappa shape index (κ3) is 3.64. The molecule has 1 fully saturated rings. The molecule has 82 valence electrons. The second-order valence-corrected chi connectivity index (χ2v) is 4.15. The molecule has 4 heteroatoms. The number of hydrogen-bond donors (Lipinski definition) is 0. The molecule has 0 aromatic carbocycles. The van der Waals surface area contributed by atoms with Crippen LogP contribution in [0.4, 0.5) is 0 Å². The van der Waals surface area contributed by atoms with E-state index in [0.29, 0.717) is 0 Å². The standard InChI is InChI=1S/C10H21N3O/c1-10(14)13-8-6-12(7-9-13)5-4-11(2)3/h4-9H2,1-3H3. The van der Waals surface area contributed by atoms with Gasteiger partial charge in [-0.1, -0.05) is 0 Å². The first-order valence-corrected chi connectivity index (χ1v) is 5.22. The Morgan fingerprint density at radius 2 is 1.79 bits per heavy atom. The number of likely N-dealkylation sites (N-methyl/N-ethyl adjacent to an activating group) is 1. The highest BCUT2D eigenvalue weighted by Gasteiger charge is 2.17. The van der Waals surface area contributed by atoms with Gasteiger partial charge in [-0.2, -0.15) is 0 Å². The molecule has 1 aliphatic heterocycles. The highest BCUT2D eigenvalue weighted by molar-refractivity contribution is 5.73. The number of piperazine rings is 1. The van der Waals surface area contributed by atoms with Crippen LogP contribution in [-0.2, 0) is 4.79 Å². The van der Waals surface area contributed by atoms with E-state index in [0.717, 1.165) is 39.3 Å². The topological polar surface area (TPSA) is 26.8 Å². The van der Waals surface area contributed by atoms with Gasteiger partial charge in [0, 0.05) is 46.2 Å². The Balaban J connectivity index is 2.19. The van der Waals surface area contributed by atoms with Crippen molar-refractivity contribution < 1.29 is 4.79 Å². The van der Waals surface area contributed by atoms with Crippen molar-refractivity contribution in [2.45, 2.75) is 6.92 Å². The van der Waals surface area contributed by atoms with Crippen LogP contribution in [0.5, 0.6) is 0 Å². The van der Waals surface area contributed by atoms with Gasteiger partial charge in [0.25, 0.3) is 0 Å². The minimum atomic E-state index is 0.206. The third-order valence-corrected chi connectivity index (χ3v) is 2.68. The average molecular weight is 199 g/mol. The van der Waals surface area contributed by atoms with Crippen molar-refractivity contribution in [2.24, 2.45) is 0 Å². The van der Waals surface area contributed by atoms with E-state index in [1.807, 2.05) is 4.90 Å². The first kappa shape index (κ1) is 11.5. The highest BCUT2D eigenvalue weighted by Crippen LogP contribution is 2.01. The average Bonchev–Trinajstić information content (AvgIpc) is 2.15. The summed E-state index contributed by atoms with van der Waals surface area (Å²) in [4.78, 5) is 17.6. The molecule has 0 aromatic heterocycles. The predicted molar refractivity (Wildman–Crippen MR) is 57.2 cm³/mol. The van der Waals surface area contributed by atoms with Crippen LogP contribution in [-0.4, -0.2) is 74.0 Å². The second-order valence-electron chi connectivity index (χ2n) is 4.15. The number of amides is 1. The van der Waals surface area contributed by atoms with Crippen LogP contribution in [0.2, 0.25) is 0 Å². The number of carbonyl (C=O) groups is 1. The molecule has 0 spiro atoms. The summed E-state index contributed by atoms with van der Waals surface area (Å²) in [6, 6.07) is 0. The first-order chi connectivity index (χ1) is 6.59. The molecular formula is C10H21N3O. The van der Waals surface area contributed by atoms with Gasteiger partial charge in [0.15, 0.2) is 0 Å². The summed E-state index contributed by atoms with van der Waals surface area (Å²) >= 11 is 0. The molecule has 0 N–H and O–H groups in total. The summed E-state index contributed by atoms with van der Waals surface area (Å²) in [7, 11) is 4.18. The van der Waals surface area contributed by atoms with Crippen LogP contribution in [0.1, 0.15) is 6.92 Å². The maximum Gasteiger partial charge on any atom is 0.219 e. The van der Waals surface area contributed by atoms with Gasteiger partial charge >= 0.3 is 0 Å². The van der Waals surface area contributed by atoms with Crippen LogP contribution >= 0.6 is 0 Å². The predicted octanol–water partition coefficient (Wildman–Crippen LogP) is -0.288. The van der Waals surface area contributed by atoms with Gasteiger partial charge in [-0.3, -0.25) is 9.69 Å². The zero-order valence-electron chi connectivity index (χ0n) is 9.49. The van der Waals surface area contributed by atoms with Gasteiger partial charge in [-0.25, -0.2) is 0 Å². The lowest BCUT2D eigenvalue weighted by molar-refractivity contribution is -0.130. The summed E-state index contributed by atoms with van der Waals surface area (Å²) in [6.45, 7) is 7.68. The van der Waals surface area contributed by atoms with Gasteiger partial charge in [-0.15, -0.1) is 0 Å². The molecule has 0 aliphatic carbocycles. The van der Waals surface area contributed by atoms with Crippen LogP contribution in [0, 0.1) is 0 Å². The smallest absolute Gasteiger partial charge is 0.219 e. The van der Waals surface area contributed by atoms with E-state index in [1.165, 1.54) is 0 Å². The van der Waals surface area contributed by atoms with Gasteiger partial charge in [0.1, 0.15) is 0 Å². The normalized spacial score (nSPS) is 19.0. The molecule has 0 saturated carbocycles. The Kier molecular flexibility index (Phi) is 4.35. The van der Waals surface area contributed by atoms with Gasteiger partial charge < -0.3 is 9.80 Å². The van der Waals surface area contributed by atoms with Gasteiger partial charge in [-0.05, 0) is 14.1 Å². The van der Waals surface area contributed by atoms with E-state index >= 15 is 0 Å². The van der Waals surface area contributed by atoms with E-state index in [-0.39, 0.29) is 5.91 Å². The van der Waals surface area contributed by atoms with Crippen LogP contribution in [0.15, 0.2) is 0 Å². The largest absolute Gasteiger partial charge is 0.340 e. The third-order valence-electron chi connectivity index (χ3n) is 2.68. The highest BCUT2D eigenvalue weighted by atomic mass is 16.2. The fraction of sp³-hybridized carbons (Fsp3) is 0.900.